The third kappa shape index (κ3) is 4.51. The summed E-state index contributed by atoms with van der Waals surface area (Å²) in [4.78, 5) is 46.7. The molecular weight excluding hydrogens is 304 g/mol. The molecule has 0 saturated carbocycles. The molecule has 1 rings (SSSR count). The first-order chi connectivity index (χ1) is 11.0. The highest BCUT2D eigenvalue weighted by molar-refractivity contribution is 5.69. The fourth-order valence-electron chi connectivity index (χ4n) is 2.13. The summed E-state index contributed by atoms with van der Waals surface area (Å²) in [5.41, 5.74) is 3.79. The Morgan fingerprint density at radius 1 is 1.17 bits per heavy atom. The molecule has 2 N–H and O–H groups in total. The van der Waals surface area contributed by atoms with Gasteiger partial charge in [-0.3, -0.25) is 18.7 Å². The highest BCUT2D eigenvalue weighted by atomic mass is 16.5. The Morgan fingerprint density at radius 2 is 1.83 bits per heavy atom. The van der Waals surface area contributed by atoms with Crippen LogP contribution in [0.1, 0.15) is 39.5 Å². The van der Waals surface area contributed by atoms with Crippen LogP contribution in [0.15, 0.2) is 14.8 Å². The van der Waals surface area contributed by atoms with E-state index in [1.54, 1.807) is 6.92 Å². The molecule has 0 bridgehead atoms. The quantitative estimate of drug-likeness (QED) is 0.535. The van der Waals surface area contributed by atoms with Crippen molar-refractivity contribution in [1.82, 2.24) is 9.13 Å². The molecule has 0 amide bonds. The van der Waals surface area contributed by atoms with E-state index in [1.165, 1.54) is 4.57 Å². The van der Waals surface area contributed by atoms with Crippen molar-refractivity contribution in [3.63, 3.8) is 0 Å². The topological polar surface area (TPSA) is 126 Å². The lowest BCUT2D eigenvalue weighted by molar-refractivity contribution is -0.143. The lowest BCUT2D eigenvalue weighted by atomic mass is 10.3. The minimum atomic E-state index is -0.834. The van der Waals surface area contributed by atoms with E-state index in [0.717, 1.165) is 11.0 Å². The number of carbonyl (C=O) groups excluding carboxylic acids is 1. The van der Waals surface area contributed by atoms with E-state index < -0.39 is 22.9 Å². The second-order valence-electron chi connectivity index (χ2n) is 4.98. The van der Waals surface area contributed by atoms with E-state index in [9.17, 15) is 19.3 Å². The maximum Gasteiger partial charge on any atom is 0.332 e. The first-order valence-corrected chi connectivity index (χ1v) is 7.59. The monoisotopic (exact) mass is 326 g/mol. The summed E-state index contributed by atoms with van der Waals surface area (Å²) in [6.45, 7) is 4.18. The summed E-state index contributed by atoms with van der Waals surface area (Å²) < 4.78 is 6.85. The molecule has 0 aliphatic heterocycles. The largest absolute Gasteiger partial charge is 0.466 e. The molecule has 128 valence electrons. The molecular formula is C14H22N4O5. The zero-order valence-corrected chi connectivity index (χ0v) is 13.4. The van der Waals surface area contributed by atoms with E-state index >= 15 is 0 Å². The van der Waals surface area contributed by atoms with Gasteiger partial charge < -0.3 is 10.5 Å². The van der Waals surface area contributed by atoms with Crippen molar-refractivity contribution in [3.8, 4) is 0 Å². The van der Waals surface area contributed by atoms with Gasteiger partial charge in [-0.15, -0.1) is 4.91 Å². The maximum atomic E-state index is 12.4. The van der Waals surface area contributed by atoms with Crippen LogP contribution < -0.4 is 17.0 Å². The molecule has 0 atom stereocenters. The van der Waals surface area contributed by atoms with Crippen molar-refractivity contribution < 1.29 is 9.53 Å². The van der Waals surface area contributed by atoms with Crippen LogP contribution in [0, 0.1) is 4.91 Å². The number of nitrogens with two attached hydrogens (primary N) is 1. The Balaban J connectivity index is 3.10. The smallest absolute Gasteiger partial charge is 0.332 e. The van der Waals surface area contributed by atoms with Gasteiger partial charge in [-0.1, -0.05) is 13.3 Å². The average Bonchev–Trinajstić information content (AvgIpc) is 2.51. The summed E-state index contributed by atoms with van der Waals surface area (Å²) in [5.74, 6) is -0.624. The third-order valence-corrected chi connectivity index (χ3v) is 3.34. The summed E-state index contributed by atoms with van der Waals surface area (Å²) in [6, 6.07) is 0. The van der Waals surface area contributed by atoms with Crippen LogP contribution in [0.25, 0.3) is 0 Å². The number of nitroso groups, excluding NO2 is 1. The molecule has 0 aliphatic carbocycles. The number of esters is 1. The molecule has 9 heteroatoms. The van der Waals surface area contributed by atoms with E-state index in [4.69, 9.17) is 10.5 Å². The molecule has 0 spiro atoms. The fourth-order valence-corrected chi connectivity index (χ4v) is 2.13. The number of ether oxygens (including phenoxy) is 1. The van der Waals surface area contributed by atoms with Crippen LogP contribution in [0.5, 0.6) is 0 Å². The van der Waals surface area contributed by atoms with Crippen LogP contribution in [0.3, 0.4) is 0 Å². The van der Waals surface area contributed by atoms with Gasteiger partial charge in [-0.25, -0.2) is 4.79 Å². The fraction of sp³-hybridized carbons (Fsp3) is 0.643. The van der Waals surface area contributed by atoms with Crippen LogP contribution in [0.4, 0.5) is 11.5 Å². The van der Waals surface area contributed by atoms with Crippen molar-refractivity contribution in [2.24, 2.45) is 5.18 Å². The number of unbranched alkanes of at least 4 members (excludes halogenated alkanes) is 1. The van der Waals surface area contributed by atoms with Gasteiger partial charge in [0.05, 0.1) is 6.61 Å². The number of hydrogen-bond acceptors (Lipinski definition) is 7. The van der Waals surface area contributed by atoms with Gasteiger partial charge in [0, 0.05) is 19.5 Å². The predicted octanol–water partition coefficient (Wildman–Crippen LogP) is 1.13. The number of aromatic nitrogens is 2. The minimum absolute atomic E-state index is 0.00853. The molecule has 1 aromatic heterocycles. The molecule has 1 aromatic rings. The van der Waals surface area contributed by atoms with E-state index in [2.05, 4.69) is 5.18 Å². The lowest BCUT2D eigenvalue weighted by Gasteiger charge is -2.13. The SMILES string of the molecule is CCCCn1c(N)c(N=O)c(=O)n(CCCC(=O)OCC)c1=O. The van der Waals surface area contributed by atoms with Gasteiger partial charge in [-0.05, 0) is 24.9 Å². The maximum absolute atomic E-state index is 12.4. The molecule has 0 radical (unpaired) electrons. The molecule has 0 aliphatic rings. The van der Waals surface area contributed by atoms with Crippen molar-refractivity contribution in [2.45, 2.75) is 52.6 Å². The number of rotatable bonds is 9. The number of nitrogens with zero attached hydrogens (tertiary/aromatic N) is 3. The summed E-state index contributed by atoms with van der Waals surface area (Å²) in [6.07, 6.45) is 1.80. The van der Waals surface area contributed by atoms with Crippen molar-refractivity contribution in [1.29, 1.82) is 0 Å². The van der Waals surface area contributed by atoms with Gasteiger partial charge in [0.2, 0.25) is 5.69 Å². The Bertz CT molecular complexity index is 677. The van der Waals surface area contributed by atoms with E-state index in [1.807, 2.05) is 6.92 Å². The van der Waals surface area contributed by atoms with Gasteiger partial charge in [0.15, 0.2) is 0 Å². The Hall–Kier alpha value is -2.45. The first-order valence-electron chi connectivity index (χ1n) is 7.59. The van der Waals surface area contributed by atoms with E-state index in [0.29, 0.717) is 13.0 Å². The second-order valence-corrected chi connectivity index (χ2v) is 4.98. The normalized spacial score (nSPS) is 10.5. The van der Waals surface area contributed by atoms with Crippen LogP contribution in [-0.4, -0.2) is 21.7 Å². The average molecular weight is 326 g/mol. The molecule has 0 saturated heterocycles. The van der Waals surface area contributed by atoms with Gasteiger partial charge >= 0.3 is 11.7 Å². The lowest BCUT2D eigenvalue weighted by Crippen LogP contribution is -2.41. The number of carbonyl (C=O) groups is 1. The number of hydrogen-bond donors (Lipinski definition) is 1. The van der Waals surface area contributed by atoms with Crippen molar-refractivity contribution in [2.75, 3.05) is 12.3 Å². The Labute approximate surface area is 133 Å². The molecule has 0 unspecified atom stereocenters. The highest BCUT2D eigenvalue weighted by Gasteiger charge is 2.17. The first kappa shape index (κ1) is 18.6. The van der Waals surface area contributed by atoms with Crippen molar-refractivity contribution >= 4 is 17.5 Å². The van der Waals surface area contributed by atoms with Crippen LogP contribution in [-0.2, 0) is 22.6 Å². The summed E-state index contributed by atoms with van der Waals surface area (Å²) in [5, 5.41) is 2.65. The van der Waals surface area contributed by atoms with Crippen LogP contribution >= 0.6 is 0 Å². The number of anilines is 1. The minimum Gasteiger partial charge on any atom is -0.466 e. The molecule has 0 fully saturated rings. The molecule has 23 heavy (non-hydrogen) atoms. The van der Waals surface area contributed by atoms with Gasteiger partial charge in [-0.2, -0.15) is 0 Å². The molecule has 1 heterocycles. The Morgan fingerprint density at radius 3 is 2.39 bits per heavy atom. The van der Waals surface area contributed by atoms with Gasteiger partial charge in [0.1, 0.15) is 5.82 Å². The zero-order chi connectivity index (χ0) is 17.4. The predicted molar refractivity (Wildman–Crippen MR) is 85.6 cm³/mol. The standard InChI is InChI=1S/C14H22N4O5/c1-3-5-8-17-12(15)11(16-22)13(20)18(14(17)21)9-6-7-10(19)23-4-2/h3-9,15H2,1-2H3. The zero-order valence-electron chi connectivity index (χ0n) is 13.4. The van der Waals surface area contributed by atoms with Crippen LogP contribution in [0.2, 0.25) is 0 Å². The molecule has 0 aromatic carbocycles. The summed E-state index contributed by atoms with van der Waals surface area (Å²) in [7, 11) is 0. The van der Waals surface area contributed by atoms with Gasteiger partial charge in [0.25, 0.3) is 5.56 Å². The second kappa shape index (κ2) is 8.86. The third-order valence-electron chi connectivity index (χ3n) is 3.34. The Kier molecular flexibility index (Phi) is 7.17. The highest BCUT2D eigenvalue weighted by Crippen LogP contribution is 2.14. The number of nitrogen functional groups attached to an aromatic ring is 1. The molecule has 9 nitrogen and oxygen atoms in total. The summed E-state index contributed by atoms with van der Waals surface area (Å²) >= 11 is 0. The van der Waals surface area contributed by atoms with E-state index in [-0.39, 0.29) is 31.8 Å². The van der Waals surface area contributed by atoms with Crippen molar-refractivity contribution in [3.05, 3.63) is 25.7 Å².